The first kappa shape index (κ1) is 5.17. The lowest BCUT2D eigenvalue weighted by Gasteiger charge is -1.91. The molecule has 0 bridgehead atoms. The van der Waals surface area contributed by atoms with Crippen molar-refractivity contribution in [1.82, 2.24) is 10.9 Å². The second-order valence-corrected chi connectivity index (χ2v) is 2.60. The minimum Gasteiger partial charge on any atom is -0.384 e. The topological polar surface area (TPSA) is 50.1 Å². The molecule has 4 heteroatoms. The van der Waals surface area contributed by atoms with Gasteiger partial charge in [0.25, 0.3) is 0 Å². The van der Waals surface area contributed by atoms with Gasteiger partial charge < -0.3 is 11.2 Å². The summed E-state index contributed by atoms with van der Waals surface area (Å²) in [5.41, 5.74) is 11.0. The van der Waals surface area contributed by atoms with Crippen LogP contribution >= 0.6 is 22.6 Å². The predicted octanol–water partition coefficient (Wildman–Crippen LogP) is -0.343. The van der Waals surface area contributed by atoms with Gasteiger partial charge in [0.15, 0.2) is 0 Å². The van der Waals surface area contributed by atoms with Crippen LogP contribution in [0.2, 0.25) is 0 Å². The van der Waals surface area contributed by atoms with E-state index in [0.717, 1.165) is 15.9 Å². The Morgan fingerprint density at radius 2 is 2.43 bits per heavy atom. The van der Waals surface area contributed by atoms with Crippen LogP contribution in [-0.2, 0) is 0 Å². The molecule has 0 aliphatic carbocycles. The highest BCUT2D eigenvalue weighted by molar-refractivity contribution is 14.1. The summed E-state index contributed by atoms with van der Waals surface area (Å²) in [4.78, 5) is 0. The molecule has 1 aliphatic rings. The molecule has 0 radical (unpaired) electrons. The van der Waals surface area contributed by atoms with Crippen molar-refractivity contribution in [2.45, 2.75) is 0 Å². The number of nitrogens with one attached hydrogen (secondary N) is 2. The van der Waals surface area contributed by atoms with Gasteiger partial charge in [-0.1, -0.05) is 0 Å². The van der Waals surface area contributed by atoms with E-state index in [2.05, 4.69) is 33.4 Å². The standard InChI is InChI=1S/C3H6IN3/c4-2-1-6-7-3(2)5/h6-7H,1,5H2. The molecule has 1 rings (SSSR count). The molecule has 0 atom stereocenters. The molecule has 40 valence electrons. The van der Waals surface area contributed by atoms with Crippen molar-refractivity contribution in [2.24, 2.45) is 5.73 Å². The Labute approximate surface area is 55.4 Å². The number of halogens is 1. The fourth-order valence-electron chi connectivity index (χ4n) is 0.380. The lowest BCUT2D eigenvalue weighted by Crippen LogP contribution is -2.26. The zero-order valence-corrected chi connectivity index (χ0v) is 5.82. The zero-order chi connectivity index (χ0) is 5.28. The molecule has 0 saturated heterocycles. The molecular formula is C3H6IN3. The van der Waals surface area contributed by atoms with E-state index in [1.165, 1.54) is 0 Å². The van der Waals surface area contributed by atoms with Gasteiger partial charge in [0.05, 0.1) is 0 Å². The summed E-state index contributed by atoms with van der Waals surface area (Å²) in [5, 5.41) is 0. The normalized spacial score (nSPS) is 20.1. The fourth-order valence-corrected chi connectivity index (χ4v) is 0.706. The van der Waals surface area contributed by atoms with Gasteiger partial charge >= 0.3 is 0 Å². The van der Waals surface area contributed by atoms with Crippen molar-refractivity contribution >= 4 is 22.6 Å². The summed E-state index contributed by atoms with van der Waals surface area (Å²) in [5.74, 6) is 0.751. The molecule has 0 amide bonds. The smallest absolute Gasteiger partial charge is 0.121 e. The molecule has 0 aromatic carbocycles. The van der Waals surface area contributed by atoms with Crippen LogP contribution in [0.5, 0.6) is 0 Å². The molecule has 1 aliphatic heterocycles. The van der Waals surface area contributed by atoms with E-state index in [4.69, 9.17) is 5.73 Å². The number of hydrogen-bond donors (Lipinski definition) is 3. The van der Waals surface area contributed by atoms with E-state index < -0.39 is 0 Å². The highest BCUT2D eigenvalue weighted by Crippen LogP contribution is 2.07. The van der Waals surface area contributed by atoms with Gasteiger partial charge in [-0.25, -0.2) is 5.43 Å². The van der Waals surface area contributed by atoms with E-state index in [1.54, 1.807) is 0 Å². The van der Waals surface area contributed by atoms with Crippen molar-refractivity contribution < 1.29 is 0 Å². The number of nitrogens with two attached hydrogens (primary N) is 1. The van der Waals surface area contributed by atoms with Crippen molar-refractivity contribution in [2.75, 3.05) is 6.54 Å². The maximum Gasteiger partial charge on any atom is 0.121 e. The predicted molar refractivity (Wildman–Crippen MR) is 36.4 cm³/mol. The monoisotopic (exact) mass is 211 g/mol. The summed E-state index contributed by atoms with van der Waals surface area (Å²) < 4.78 is 1.15. The molecule has 0 fully saturated rings. The SMILES string of the molecule is NC1=C(I)CNN1. The number of rotatable bonds is 0. The first-order chi connectivity index (χ1) is 3.30. The molecule has 7 heavy (non-hydrogen) atoms. The summed E-state index contributed by atoms with van der Waals surface area (Å²) in [6.07, 6.45) is 0. The fraction of sp³-hybridized carbons (Fsp3) is 0.333. The van der Waals surface area contributed by atoms with Gasteiger partial charge in [-0.2, -0.15) is 0 Å². The van der Waals surface area contributed by atoms with Gasteiger partial charge in [-0.15, -0.1) is 0 Å². The Morgan fingerprint density at radius 3 is 2.57 bits per heavy atom. The second-order valence-electron chi connectivity index (χ2n) is 1.30. The van der Waals surface area contributed by atoms with Gasteiger partial charge in [0.2, 0.25) is 0 Å². The first-order valence-electron chi connectivity index (χ1n) is 1.93. The Morgan fingerprint density at radius 1 is 1.71 bits per heavy atom. The first-order valence-corrected chi connectivity index (χ1v) is 3.01. The lowest BCUT2D eigenvalue weighted by atomic mass is 10.6. The summed E-state index contributed by atoms with van der Waals surface area (Å²) >= 11 is 2.19. The van der Waals surface area contributed by atoms with E-state index in [-0.39, 0.29) is 0 Å². The van der Waals surface area contributed by atoms with Crippen molar-refractivity contribution in [3.8, 4) is 0 Å². The van der Waals surface area contributed by atoms with E-state index >= 15 is 0 Å². The summed E-state index contributed by atoms with van der Waals surface area (Å²) in [6.45, 7) is 0.854. The number of hydrazine groups is 1. The molecule has 0 unspecified atom stereocenters. The summed E-state index contributed by atoms with van der Waals surface area (Å²) in [6, 6.07) is 0. The third-order valence-electron chi connectivity index (χ3n) is 0.759. The molecule has 3 nitrogen and oxygen atoms in total. The Hall–Kier alpha value is 0.0300. The van der Waals surface area contributed by atoms with Crippen LogP contribution in [0.4, 0.5) is 0 Å². The van der Waals surface area contributed by atoms with Crippen molar-refractivity contribution in [1.29, 1.82) is 0 Å². The highest BCUT2D eigenvalue weighted by atomic mass is 127. The molecule has 0 spiro atoms. The van der Waals surface area contributed by atoms with Crippen LogP contribution in [0.15, 0.2) is 9.40 Å². The van der Waals surface area contributed by atoms with E-state index in [0.29, 0.717) is 0 Å². The van der Waals surface area contributed by atoms with Crippen LogP contribution in [0.3, 0.4) is 0 Å². The van der Waals surface area contributed by atoms with Crippen LogP contribution in [0.25, 0.3) is 0 Å². The third-order valence-corrected chi connectivity index (χ3v) is 1.72. The quantitative estimate of drug-likeness (QED) is 0.480. The van der Waals surface area contributed by atoms with Crippen LogP contribution < -0.4 is 16.6 Å². The maximum absolute atomic E-state index is 5.38. The Kier molecular flexibility index (Phi) is 1.38. The van der Waals surface area contributed by atoms with Crippen molar-refractivity contribution in [3.63, 3.8) is 0 Å². The van der Waals surface area contributed by atoms with Crippen LogP contribution in [0, 0.1) is 0 Å². The van der Waals surface area contributed by atoms with Crippen LogP contribution in [0.1, 0.15) is 0 Å². The van der Waals surface area contributed by atoms with Gasteiger partial charge in [0.1, 0.15) is 5.82 Å². The van der Waals surface area contributed by atoms with Crippen LogP contribution in [-0.4, -0.2) is 6.54 Å². The minimum absolute atomic E-state index is 0.751. The molecule has 0 saturated carbocycles. The molecule has 1 heterocycles. The lowest BCUT2D eigenvalue weighted by molar-refractivity contribution is 0.694. The molecule has 0 aromatic rings. The third kappa shape index (κ3) is 0.973. The average molecular weight is 211 g/mol. The summed E-state index contributed by atoms with van der Waals surface area (Å²) in [7, 11) is 0. The second kappa shape index (κ2) is 1.87. The molecule has 4 N–H and O–H groups in total. The Bertz CT molecular complexity index is 96.7. The highest BCUT2D eigenvalue weighted by Gasteiger charge is 2.04. The minimum atomic E-state index is 0.751. The molecule has 0 aromatic heterocycles. The van der Waals surface area contributed by atoms with Crippen molar-refractivity contribution in [3.05, 3.63) is 9.40 Å². The van der Waals surface area contributed by atoms with E-state index in [1.807, 2.05) is 0 Å². The Balaban J connectivity index is 2.64. The zero-order valence-electron chi connectivity index (χ0n) is 3.66. The van der Waals surface area contributed by atoms with Gasteiger partial charge in [0, 0.05) is 10.1 Å². The largest absolute Gasteiger partial charge is 0.384 e. The number of hydrogen-bond acceptors (Lipinski definition) is 3. The molecular weight excluding hydrogens is 205 g/mol. The van der Waals surface area contributed by atoms with E-state index in [9.17, 15) is 0 Å². The van der Waals surface area contributed by atoms with Gasteiger partial charge in [-0.3, -0.25) is 0 Å². The van der Waals surface area contributed by atoms with Gasteiger partial charge in [-0.05, 0) is 22.6 Å². The average Bonchev–Trinajstić information content (AvgIpc) is 1.91. The maximum atomic E-state index is 5.38.